The number of piperidine rings is 1. The zero-order valence-corrected chi connectivity index (χ0v) is 17.0. The zero-order valence-electron chi connectivity index (χ0n) is 17.0. The largest absolute Gasteiger partial charge is 0.342 e. The molecule has 28 heavy (non-hydrogen) atoms. The number of benzene rings is 1. The molecule has 1 spiro atoms. The van der Waals surface area contributed by atoms with E-state index in [1.165, 1.54) is 6.07 Å². The van der Waals surface area contributed by atoms with Crippen LogP contribution in [0.3, 0.4) is 0 Å². The standard InChI is InChI=1S/C22H32FN3O2/c1-3-7-17(8-4-2)21(28)25-13-11-22(12-14-25)24-15-20(27)26(22)16-18-9-5-6-10-19(18)23/h5-6,9-10,17,24H,3-4,7-8,11-16H2,1-2H3. The first-order valence-corrected chi connectivity index (χ1v) is 10.6. The molecule has 1 N–H and O–H groups in total. The van der Waals surface area contributed by atoms with E-state index < -0.39 is 5.66 Å². The predicted octanol–water partition coefficient (Wildman–Crippen LogP) is 3.29. The lowest BCUT2D eigenvalue weighted by Gasteiger charge is -2.45. The molecule has 0 aromatic heterocycles. The van der Waals surface area contributed by atoms with Gasteiger partial charge in [0.25, 0.3) is 0 Å². The number of hydrogen-bond donors (Lipinski definition) is 1. The van der Waals surface area contributed by atoms with Crippen LogP contribution in [-0.2, 0) is 16.1 Å². The minimum absolute atomic E-state index is 0.00197. The number of amides is 2. The summed E-state index contributed by atoms with van der Waals surface area (Å²) in [5, 5.41) is 3.37. The summed E-state index contributed by atoms with van der Waals surface area (Å²) in [4.78, 5) is 29.2. The number of nitrogens with zero attached hydrogens (tertiary/aromatic N) is 2. The monoisotopic (exact) mass is 389 g/mol. The summed E-state index contributed by atoms with van der Waals surface area (Å²) in [5.74, 6) is 0.0741. The molecule has 2 fully saturated rings. The van der Waals surface area contributed by atoms with Gasteiger partial charge in [-0.05, 0) is 18.9 Å². The van der Waals surface area contributed by atoms with E-state index in [1.54, 1.807) is 23.1 Å². The fourth-order valence-corrected chi connectivity index (χ4v) is 4.60. The Morgan fingerprint density at radius 3 is 2.43 bits per heavy atom. The van der Waals surface area contributed by atoms with Crippen LogP contribution in [-0.4, -0.2) is 46.9 Å². The SMILES string of the molecule is CCCC(CCC)C(=O)N1CCC2(CC1)NCC(=O)N2Cc1ccccc1F. The summed E-state index contributed by atoms with van der Waals surface area (Å²) >= 11 is 0. The quantitative estimate of drug-likeness (QED) is 0.779. The molecular formula is C22H32FN3O2. The van der Waals surface area contributed by atoms with Crippen molar-refractivity contribution >= 4 is 11.8 Å². The highest BCUT2D eigenvalue weighted by Gasteiger charge is 2.47. The molecule has 3 rings (SSSR count). The lowest BCUT2D eigenvalue weighted by molar-refractivity contribution is -0.140. The van der Waals surface area contributed by atoms with Crippen molar-refractivity contribution < 1.29 is 14.0 Å². The van der Waals surface area contributed by atoms with E-state index in [9.17, 15) is 14.0 Å². The molecule has 0 radical (unpaired) electrons. The molecule has 2 aliphatic rings. The van der Waals surface area contributed by atoms with E-state index in [-0.39, 0.29) is 36.6 Å². The smallest absolute Gasteiger partial charge is 0.238 e. The predicted molar refractivity (Wildman–Crippen MR) is 107 cm³/mol. The van der Waals surface area contributed by atoms with Gasteiger partial charge in [-0.25, -0.2) is 4.39 Å². The molecule has 154 valence electrons. The van der Waals surface area contributed by atoms with E-state index in [0.29, 0.717) is 31.5 Å². The molecule has 2 saturated heterocycles. The number of rotatable bonds is 7. The highest BCUT2D eigenvalue weighted by Crippen LogP contribution is 2.33. The van der Waals surface area contributed by atoms with E-state index in [4.69, 9.17) is 0 Å². The van der Waals surface area contributed by atoms with Crippen molar-refractivity contribution in [2.75, 3.05) is 19.6 Å². The van der Waals surface area contributed by atoms with Crippen LogP contribution < -0.4 is 5.32 Å². The highest BCUT2D eigenvalue weighted by atomic mass is 19.1. The van der Waals surface area contributed by atoms with Crippen molar-refractivity contribution in [3.8, 4) is 0 Å². The summed E-state index contributed by atoms with van der Waals surface area (Å²) in [6.07, 6.45) is 5.27. The number of carbonyl (C=O) groups excluding carboxylic acids is 2. The van der Waals surface area contributed by atoms with Gasteiger partial charge in [0.2, 0.25) is 11.8 Å². The Balaban J connectivity index is 1.68. The molecule has 5 nitrogen and oxygen atoms in total. The average molecular weight is 390 g/mol. The van der Waals surface area contributed by atoms with Crippen molar-refractivity contribution in [1.29, 1.82) is 0 Å². The van der Waals surface area contributed by atoms with Gasteiger partial charge >= 0.3 is 0 Å². The van der Waals surface area contributed by atoms with Gasteiger partial charge < -0.3 is 9.80 Å². The third-order valence-electron chi connectivity index (χ3n) is 6.20. The maximum Gasteiger partial charge on any atom is 0.238 e. The molecule has 1 aromatic carbocycles. The van der Waals surface area contributed by atoms with Crippen LogP contribution in [0.2, 0.25) is 0 Å². The van der Waals surface area contributed by atoms with Crippen LogP contribution in [0.25, 0.3) is 0 Å². The maximum absolute atomic E-state index is 14.1. The first-order chi connectivity index (χ1) is 13.5. The van der Waals surface area contributed by atoms with Gasteiger partial charge in [0.1, 0.15) is 5.82 Å². The number of carbonyl (C=O) groups is 2. The number of hydrogen-bond acceptors (Lipinski definition) is 3. The van der Waals surface area contributed by atoms with Crippen molar-refractivity contribution in [3.63, 3.8) is 0 Å². The minimum atomic E-state index is -0.471. The molecule has 0 unspecified atom stereocenters. The topological polar surface area (TPSA) is 52.7 Å². The Labute approximate surface area is 167 Å². The summed E-state index contributed by atoms with van der Waals surface area (Å²) < 4.78 is 14.1. The second-order valence-corrected chi connectivity index (χ2v) is 8.06. The van der Waals surface area contributed by atoms with Gasteiger partial charge in [-0.15, -0.1) is 0 Å². The maximum atomic E-state index is 14.1. The van der Waals surface area contributed by atoms with Crippen LogP contribution >= 0.6 is 0 Å². The Kier molecular flexibility index (Phi) is 6.70. The number of halogens is 1. The van der Waals surface area contributed by atoms with Crippen LogP contribution in [0.5, 0.6) is 0 Å². The van der Waals surface area contributed by atoms with E-state index >= 15 is 0 Å². The first-order valence-electron chi connectivity index (χ1n) is 10.6. The second kappa shape index (κ2) is 9.03. The van der Waals surface area contributed by atoms with Gasteiger partial charge in [-0.2, -0.15) is 0 Å². The Morgan fingerprint density at radius 2 is 1.82 bits per heavy atom. The number of nitrogens with one attached hydrogen (secondary N) is 1. The molecule has 2 aliphatic heterocycles. The third kappa shape index (κ3) is 4.22. The van der Waals surface area contributed by atoms with E-state index in [1.807, 2.05) is 4.90 Å². The number of likely N-dealkylation sites (tertiary alicyclic amines) is 1. The lowest BCUT2D eigenvalue weighted by atomic mass is 9.92. The van der Waals surface area contributed by atoms with Crippen molar-refractivity contribution in [2.24, 2.45) is 5.92 Å². The van der Waals surface area contributed by atoms with Crippen molar-refractivity contribution in [1.82, 2.24) is 15.1 Å². The molecule has 0 aliphatic carbocycles. The average Bonchev–Trinajstić information content (AvgIpc) is 2.99. The van der Waals surface area contributed by atoms with Crippen molar-refractivity contribution in [2.45, 2.75) is 64.6 Å². The zero-order chi connectivity index (χ0) is 20.1. The van der Waals surface area contributed by atoms with E-state index in [2.05, 4.69) is 19.2 Å². The fraction of sp³-hybridized carbons (Fsp3) is 0.636. The summed E-state index contributed by atoms with van der Waals surface area (Å²) in [7, 11) is 0. The van der Waals surface area contributed by atoms with E-state index in [0.717, 1.165) is 25.7 Å². The second-order valence-electron chi connectivity index (χ2n) is 8.06. The Morgan fingerprint density at radius 1 is 1.18 bits per heavy atom. The molecule has 0 bridgehead atoms. The Bertz CT molecular complexity index is 695. The van der Waals surface area contributed by atoms with Crippen LogP contribution in [0.15, 0.2) is 24.3 Å². The molecular weight excluding hydrogens is 357 g/mol. The van der Waals surface area contributed by atoms with Gasteiger partial charge in [-0.1, -0.05) is 44.9 Å². The van der Waals surface area contributed by atoms with Gasteiger partial charge in [0.05, 0.1) is 18.8 Å². The van der Waals surface area contributed by atoms with Gasteiger partial charge in [0, 0.05) is 37.4 Å². The molecule has 6 heteroatoms. The highest BCUT2D eigenvalue weighted by molar-refractivity contribution is 5.82. The van der Waals surface area contributed by atoms with Crippen molar-refractivity contribution in [3.05, 3.63) is 35.6 Å². The molecule has 2 amide bonds. The van der Waals surface area contributed by atoms with Crippen LogP contribution in [0, 0.1) is 11.7 Å². The van der Waals surface area contributed by atoms with Crippen LogP contribution in [0.1, 0.15) is 57.9 Å². The minimum Gasteiger partial charge on any atom is -0.342 e. The Hall–Kier alpha value is -1.95. The summed E-state index contributed by atoms with van der Waals surface area (Å²) in [6, 6.07) is 6.61. The third-order valence-corrected chi connectivity index (χ3v) is 6.20. The molecule has 0 atom stereocenters. The molecule has 2 heterocycles. The van der Waals surface area contributed by atoms with Gasteiger partial charge in [0.15, 0.2) is 0 Å². The first kappa shape index (κ1) is 20.8. The lowest BCUT2D eigenvalue weighted by Crippen LogP contribution is -2.59. The van der Waals surface area contributed by atoms with Gasteiger partial charge in [-0.3, -0.25) is 14.9 Å². The fourth-order valence-electron chi connectivity index (χ4n) is 4.60. The normalized spacial score (nSPS) is 19.1. The summed E-state index contributed by atoms with van der Waals surface area (Å²) in [5.41, 5.74) is 0.0598. The summed E-state index contributed by atoms with van der Waals surface area (Å²) in [6.45, 7) is 6.05. The molecule has 1 aromatic rings. The molecule has 0 saturated carbocycles. The van der Waals surface area contributed by atoms with Crippen LogP contribution in [0.4, 0.5) is 4.39 Å².